The van der Waals surface area contributed by atoms with Gasteiger partial charge in [-0.05, 0) is 29.2 Å². The van der Waals surface area contributed by atoms with Gasteiger partial charge in [-0.3, -0.25) is 4.79 Å². The number of hydrogen-bond acceptors (Lipinski definition) is 2. The highest BCUT2D eigenvalue weighted by Crippen LogP contribution is 2.30. The molecule has 0 N–H and O–H groups in total. The van der Waals surface area contributed by atoms with Crippen molar-refractivity contribution in [3.05, 3.63) is 47.5 Å². The van der Waals surface area contributed by atoms with Crippen molar-refractivity contribution in [1.29, 1.82) is 0 Å². The van der Waals surface area contributed by atoms with Gasteiger partial charge in [0.2, 0.25) is 0 Å². The Balaban J connectivity index is 2.26. The molecule has 0 spiro atoms. The number of carbonyl (C=O) groups excluding carboxylic acids is 2. The predicted molar refractivity (Wildman–Crippen MR) is 66.2 cm³/mol. The zero-order chi connectivity index (χ0) is 11.8. The molecule has 2 aromatic carbocycles. The number of fused-ring (bicyclic) bond motifs is 3. The van der Waals surface area contributed by atoms with Crippen molar-refractivity contribution in [3.8, 4) is 0 Å². The molecule has 2 aromatic rings. The summed E-state index contributed by atoms with van der Waals surface area (Å²) >= 11 is 0. The molecule has 0 fully saturated rings. The molecule has 0 saturated heterocycles. The molecule has 1 atom stereocenters. The van der Waals surface area contributed by atoms with Crippen LogP contribution in [-0.2, 0) is 11.2 Å². The second kappa shape index (κ2) is 3.81. The van der Waals surface area contributed by atoms with Gasteiger partial charge in [0.15, 0.2) is 5.78 Å². The Bertz CT molecular complexity index is 613. The van der Waals surface area contributed by atoms with Crippen LogP contribution in [-0.4, -0.2) is 12.1 Å². The van der Waals surface area contributed by atoms with Crippen LogP contribution >= 0.6 is 0 Å². The maximum Gasteiger partial charge on any atom is 0.173 e. The van der Waals surface area contributed by atoms with Crippen molar-refractivity contribution in [2.75, 3.05) is 0 Å². The highest BCUT2D eigenvalue weighted by atomic mass is 16.1. The Labute approximate surface area is 99.3 Å². The van der Waals surface area contributed by atoms with E-state index in [0.717, 1.165) is 34.6 Å². The minimum Gasteiger partial charge on any atom is -0.303 e. The number of benzene rings is 2. The fourth-order valence-electron chi connectivity index (χ4n) is 2.60. The van der Waals surface area contributed by atoms with Crippen LogP contribution in [0.5, 0.6) is 0 Å². The van der Waals surface area contributed by atoms with E-state index in [1.54, 1.807) is 0 Å². The van der Waals surface area contributed by atoms with Crippen LogP contribution in [0.4, 0.5) is 0 Å². The van der Waals surface area contributed by atoms with E-state index in [2.05, 4.69) is 0 Å². The van der Waals surface area contributed by atoms with E-state index in [1.807, 2.05) is 36.4 Å². The lowest BCUT2D eigenvalue weighted by atomic mass is 9.81. The van der Waals surface area contributed by atoms with Gasteiger partial charge in [-0.1, -0.05) is 36.4 Å². The van der Waals surface area contributed by atoms with Crippen LogP contribution in [0.2, 0.25) is 0 Å². The molecule has 84 valence electrons. The van der Waals surface area contributed by atoms with Gasteiger partial charge in [0.25, 0.3) is 0 Å². The molecular weight excluding hydrogens is 212 g/mol. The highest BCUT2D eigenvalue weighted by molar-refractivity contribution is 6.10. The third-order valence-corrected chi connectivity index (χ3v) is 3.51. The number of rotatable bonds is 1. The van der Waals surface area contributed by atoms with Crippen molar-refractivity contribution >= 4 is 22.8 Å². The van der Waals surface area contributed by atoms with E-state index < -0.39 is 5.92 Å². The topological polar surface area (TPSA) is 34.1 Å². The Morgan fingerprint density at radius 3 is 2.76 bits per heavy atom. The third kappa shape index (κ3) is 1.48. The SMILES string of the molecule is O=C[C@H]1CCc2c(ccc3ccccc23)C1=O. The molecule has 17 heavy (non-hydrogen) atoms. The summed E-state index contributed by atoms with van der Waals surface area (Å²) in [6.45, 7) is 0. The van der Waals surface area contributed by atoms with Gasteiger partial charge in [0.05, 0.1) is 5.92 Å². The quantitative estimate of drug-likeness (QED) is 0.551. The molecule has 2 heteroatoms. The van der Waals surface area contributed by atoms with Crippen LogP contribution in [0.3, 0.4) is 0 Å². The van der Waals surface area contributed by atoms with E-state index in [9.17, 15) is 9.59 Å². The van der Waals surface area contributed by atoms with Crippen molar-refractivity contribution in [1.82, 2.24) is 0 Å². The number of aryl methyl sites for hydroxylation is 1. The molecule has 0 unspecified atom stereocenters. The molecule has 0 amide bonds. The Morgan fingerprint density at radius 2 is 1.94 bits per heavy atom. The summed E-state index contributed by atoms with van der Waals surface area (Å²) in [6.07, 6.45) is 2.23. The number of Topliss-reactive ketones (excluding diaryl/α,β-unsaturated/α-hetero) is 1. The average molecular weight is 224 g/mol. The van der Waals surface area contributed by atoms with Gasteiger partial charge in [0.1, 0.15) is 6.29 Å². The maximum atomic E-state index is 12.1. The van der Waals surface area contributed by atoms with Crippen LogP contribution in [0, 0.1) is 5.92 Å². The van der Waals surface area contributed by atoms with Gasteiger partial charge in [0, 0.05) is 5.56 Å². The lowest BCUT2D eigenvalue weighted by Gasteiger charge is -2.20. The lowest BCUT2D eigenvalue weighted by Crippen LogP contribution is -2.23. The first-order chi connectivity index (χ1) is 8.31. The average Bonchev–Trinajstić information content (AvgIpc) is 2.39. The Kier molecular flexibility index (Phi) is 2.29. The minimum atomic E-state index is -0.441. The maximum absolute atomic E-state index is 12.1. The zero-order valence-electron chi connectivity index (χ0n) is 9.35. The molecular formula is C15H12O2. The molecule has 1 aliphatic carbocycles. The van der Waals surface area contributed by atoms with E-state index in [4.69, 9.17) is 0 Å². The largest absolute Gasteiger partial charge is 0.303 e. The van der Waals surface area contributed by atoms with E-state index in [1.165, 1.54) is 0 Å². The first-order valence-corrected chi connectivity index (χ1v) is 5.81. The lowest BCUT2D eigenvalue weighted by molar-refractivity contribution is -0.110. The monoisotopic (exact) mass is 224 g/mol. The molecule has 2 nitrogen and oxygen atoms in total. The Hall–Kier alpha value is -1.96. The molecule has 3 rings (SSSR count). The molecule has 0 heterocycles. The number of aldehydes is 1. The van der Waals surface area contributed by atoms with Crippen molar-refractivity contribution in [2.45, 2.75) is 12.8 Å². The summed E-state index contributed by atoms with van der Waals surface area (Å²) < 4.78 is 0. The van der Waals surface area contributed by atoms with Gasteiger partial charge in [-0.25, -0.2) is 0 Å². The molecule has 0 bridgehead atoms. The third-order valence-electron chi connectivity index (χ3n) is 3.51. The zero-order valence-corrected chi connectivity index (χ0v) is 9.35. The van der Waals surface area contributed by atoms with Crippen LogP contribution < -0.4 is 0 Å². The van der Waals surface area contributed by atoms with E-state index in [0.29, 0.717) is 6.42 Å². The highest BCUT2D eigenvalue weighted by Gasteiger charge is 2.27. The molecule has 0 aliphatic heterocycles. The fraction of sp³-hybridized carbons (Fsp3) is 0.200. The van der Waals surface area contributed by atoms with Crippen LogP contribution in [0.15, 0.2) is 36.4 Å². The smallest absolute Gasteiger partial charge is 0.173 e. The Morgan fingerprint density at radius 1 is 1.12 bits per heavy atom. The molecule has 0 aromatic heterocycles. The summed E-state index contributed by atoms with van der Waals surface area (Å²) in [5.41, 5.74) is 1.83. The summed E-state index contributed by atoms with van der Waals surface area (Å²) in [4.78, 5) is 22.9. The standard InChI is InChI=1S/C15H12O2/c16-9-11-6-7-13-12-4-2-1-3-10(12)5-8-14(13)15(11)17/h1-5,8-9,11H,6-7H2/t11-/m1/s1. The first-order valence-electron chi connectivity index (χ1n) is 5.81. The second-order valence-electron chi connectivity index (χ2n) is 4.46. The first kappa shape index (κ1) is 10.2. The summed E-state index contributed by atoms with van der Waals surface area (Å²) in [5.74, 6) is -0.462. The minimum absolute atomic E-state index is 0.0213. The summed E-state index contributed by atoms with van der Waals surface area (Å²) in [6, 6.07) is 11.9. The summed E-state index contributed by atoms with van der Waals surface area (Å²) in [7, 11) is 0. The van der Waals surface area contributed by atoms with E-state index in [-0.39, 0.29) is 5.78 Å². The van der Waals surface area contributed by atoms with Crippen molar-refractivity contribution < 1.29 is 9.59 Å². The normalized spacial score (nSPS) is 19.1. The van der Waals surface area contributed by atoms with Gasteiger partial charge >= 0.3 is 0 Å². The fourth-order valence-corrected chi connectivity index (χ4v) is 2.60. The van der Waals surface area contributed by atoms with Gasteiger partial charge in [-0.15, -0.1) is 0 Å². The summed E-state index contributed by atoms with van der Waals surface area (Å²) in [5, 5.41) is 2.30. The van der Waals surface area contributed by atoms with Crippen LogP contribution in [0.1, 0.15) is 22.3 Å². The van der Waals surface area contributed by atoms with Gasteiger partial charge < -0.3 is 4.79 Å². The molecule has 0 saturated carbocycles. The predicted octanol–water partition coefficient (Wildman–Crippen LogP) is 2.78. The van der Waals surface area contributed by atoms with Gasteiger partial charge in [-0.2, -0.15) is 0 Å². The molecule has 1 aliphatic rings. The van der Waals surface area contributed by atoms with Crippen LogP contribution in [0.25, 0.3) is 10.8 Å². The second-order valence-corrected chi connectivity index (χ2v) is 4.46. The number of hydrogen-bond donors (Lipinski definition) is 0. The number of ketones is 1. The molecule has 0 radical (unpaired) electrons. The van der Waals surface area contributed by atoms with Crippen molar-refractivity contribution in [2.24, 2.45) is 5.92 Å². The van der Waals surface area contributed by atoms with E-state index >= 15 is 0 Å². The number of carbonyl (C=O) groups is 2. The van der Waals surface area contributed by atoms with Crippen molar-refractivity contribution in [3.63, 3.8) is 0 Å².